The minimum Gasteiger partial charge on any atom is -0.488 e. The summed E-state index contributed by atoms with van der Waals surface area (Å²) in [6, 6.07) is 14.5. The van der Waals surface area contributed by atoms with E-state index >= 15 is 0 Å². The molecule has 2 aromatic carbocycles. The molecule has 0 unspecified atom stereocenters. The molecule has 3 aromatic rings. The largest absolute Gasteiger partial charge is 0.488 e. The molecule has 6 nitrogen and oxygen atoms in total. The van der Waals surface area contributed by atoms with Gasteiger partial charge in [-0.05, 0) is 61.7 Å². The van der Waals surface area contributed by atoms with E-state index in [0.717, 1.165) is 28.0 Å². The Morgan fingerprint density at radius 2 is 1.59 bits per heavy atom. The molecule has 0 bridgehead atoms. The SMILES string of the molecule is Cc1ccccc1C(=O)NNC(=O)c1cc(C)c(OCc2cccnc2)c(C)c1. The van der Waals surface area contributed by atoms with Crippen molar-refractivity contribution in [1.29, 1.82) is 0 Å². The summed E-state index contributed by atoms with van der Waals surface area (Å²) in [5, 5.41) is 0. The van der Waals surface area contributed by atoms with Gasteiger partial charge < -0.3 is 4.74 Å². The first-order chi connectivity index (χ1) is 14.0. The van der Waals surface area contributed by atoms with E-state index in [-0.39, 0.29) is 5.91 Å². The normalized spacial score (nSPS) is 10.3. The van der Waals surface area contributed by atoms with Gasteiger partial charge in [0, 0.05) is 29.1 Å². The van der Waals surface area contributed by atoms with Crippen LogP contribution in [0.5, 0.6) is 5.75 Å². The van der Waals surface area contributed by atoms with Crippen molar-refractivity contribution in [2.45, 2.75) is 27.4 Å². The predicted molar refractivity (Wildman–Crippen MR) is 111 cm³/mol. The van der Waals surface area contributed by atoms with Crippen molar-refractivity contribution in [2.24, 2.45) is 0 Å². The predicted octanol–water partition coefficient (Wildman–Crippen LogP) is 3.66. The standard InChI is InChI=1S/C23H23N3O3/c1-15-7-4-5-9-20(15)23(28)26-25-22(27)19-11-16(2)21(17(3)12-19)29-14-18-8-6-10-24-13-18/h4-13H,14H2,1-3H3,(H,25,27)(H,26,28). The highest BCUT2D eigenvalue weighted by molar-refractivity contribution is 6.00. The number of carbonyl (C=O) groups is 2. The Kier molecular flexibility index (Phi) is 6.24. The van der Waals surface area contributed by atoms with E-state index < -0.39 is 5.91 Å². The quantitative estimate of drug-likeness (QED) is 0.653. The van der Waals surface area contributed by atoms with Crippen LogP contribution in [-0.4, -0.2) is 16.8 Å². The highest BCUT2D eigenvalue weighted by atomic mass is 16.5. The van der Waals surface area contributed by atoms with Crippen LogP contribution in [-0.2, 0) is 6.61 Å². The first-order valence-electron chi connectivity index (χ1n) is 9.25. The van der Waals surface area contributed by atoms with Crippen molar-refractivity contribution >= 4 is 11.8 Å². The van der Waals surface area contributed by atoms with Gasteiger partial charge in [0.25, 0.3) is 11.8 Å². The molecular formula is C23H23N3O3. The van der Waals surface area contributed by atoms with Crippen LogP contribution >= 0.6 is 0 Å². The van der Waals surface area contributed by atoms with Crippen LogP contribution in [0.25, 0.3) is 0 Å². The lowest BCUT2D eigenvalue weighted by Gasteiger charge is -2.14. The molecule has 0 atom stereocenters. The Bertz CT molecular complexity index is 1010. The Balaban J connectivity index is 1.65. The maximum Gasteiger partial charge on any atom is 0.269 e. The minimum atomic E-state index is -0.392. The average molecular weight is 389 g/mol. The van der Waals surface area contributed by atoms with E-state index in [9.17, 15) is 9.59 Å². The summed E-state index contributed by atoms with van der Waals surface area (Å²) < 4.78 is 5.92. The van der Waals surface area contributed by atoms with Gasteiger partial charge in [0.15, 0.2) is 0 Å². The Morgan fingerprint density at radius 1 is 0.897 bits per heavy atom. The van der Waals surface area contributed by atoms with Crippen molar-refractivity contribution < 1.29 is 14.3 Å². The van der Waals surface area contributed by atoms with Crippen molar-refractivity contribution in [3.05, 3.63) is 94.3 Å². The third-order valence-corrected chi connectivity index (χ3v) is 4.51. The molecule has 0 saturated carbocycles. The summed E-state index contributed by atoms with van der Waals surface area (Å²) in [5.74, 6) is -0.0207. The number of hydrogen-bond donors (Lipinski definition) is 2. The summed E-state index contributed by atoms with van der Waals surface area (Å²) in [6.45, 7) is 6.00. The van der Waals surface area contributed by atoms with Gasteiger partial charge in [-0.25, -0.2) is 0 Å². The van der Waals surface area contributed by atoms with E-state index in [1.807, 2.05) is 45.0 Å². The molecule has 0 spiro atoms. The molecule has 0 saturated heterocycles. The summed E-state index contributed by atoms with van der Waals surface area (Å²) >= 11 is 0. The van der Waals surface area contributed by atoms with Crippen LogP contribution in [0.2, 0.25) is 0 Å². The number of benzene rings is 2. The Morgan fingerprint density at radius 3 is 2.24 bits per heavy atom. The number of hydrazine groups is 1. The fourth-order valence-corrected chi connectivity index (χ4v) is 3.03. The first kappa shape index (κ1) is 20.1. The fourth-order valence-electron chi connectivity index (χ4n) is 3.03. The maximum atomic E-state index is 12.5. The molecular weight excluding hydrogens is 366 g/mol. The van der Waals surface area contributed by atoms with Gasteiger partial charge in [-0.2, -0.15) is 0 Å². The molecule has 0 fully saturated rings. The van der Waals surface area contributed by atoms with Crippen molar-refractivity contribution in [3.8, 4) is 5.75 Å². The van der Waals surface area contributed by atoms with Crippen molar-refractivity contribution in [2.75, 3.05) is 0 Å². The summed E-state index contributed by atoms with van der Waals surface area (Å²) in [4.78, 5) is 28.8. The lowest BCUT2D eigenvalue weighted by Crippen LogP contribution is -2.41. The van der Waals surface area contributed by atoms with E-state index in [4.69, 9.17) is 4.74 Å². The molecule has 29 heavy (non-hydrogen) atoms. The zero-order chi connectivity index (χ0) is 20.8. The van der Waals surface area contributed by atoms with E-state index in [2.05, 4.69) is 15.8 Å². The molecule has 1 heterocycles. The fraction of sp³-hybridized carbons (Fsp3) is 0.174. The van der Waals surface area contributed by atoms with Gasteiger partial charge in [0.05, 0.1) is 0 Å². The number of aryl methyl sites for hydroxylation is 3. The second-order valence-electron chi connectivity index (χ2n) is 6.81. The number of hydrogen-bond acceptors (Lipinski definition) is 4. The van der Waals surface area contributed by atoms with Gasteiger partial charge in [-0.3, -0.25) is 25.4 Å². The number of nitrogens with zero attached hydrogens (tertiary/aromatic N) is 1. The molecule has 0 aliphatic heterocycles. The van der Waals surface area contributed by atoms with Gasteiger partial charge in [0.1, 0.15) is 12.4 Å². The van der Waals surface area contributed by atoms with Crippen LogP contribution in [0.1, 0.15) is 43.0 Å². The molecule has 2 N–H and O–H groups in total. The van der Waals surface area contributed by atoms with Crippen molar-refractivity contribution in [3.63, 3.8) is 0 Å². The van der Waals surface area contributed by atoms with Gasteiger partial charge >= 0.3 is 0 Å². The molecule has 0 radical (unpaired) electrons. The maximum absolute atomic E-state index is 12.5. The molecule has 0 aliphatic rings. The van der Waals surface area contributed by atoms with Gasteiger partial charge in [-0.1, -0.05) is 24.3 Å². The Labute approximate surface area is 169 Å². The highest BCUT2D eigenvalue weighted by Gasteiger charge is 2.14. The second-order valence-corrected chi connectivity index (χ2v) is 6.81. The van der Waals surface area contributed by atoms with Crippen LogP contribution < -0.4 is 15.6 Å². The highest BCUT2D eigenvalue weighted by Crippen LogP contribution is 2.25. The molecule has 148 valence electrons. The first-order valence-corrected chi connectivity index (χ1v) is 9.25. The number of nitrogens with one attached hydrogen (secondary N) is 2. The summed E-state index contributed by atoms with van der Waals surface area (Å²) in [5.41, 5.74) is 9.36. The van der Waals surface area contributed by atoms with E-state index in [1.165, 1.54) is 0 Å². The smallest absolute Gasteiger partial charge is 0.269 e. The van der Waals surface area contributed by atoms with Crippen LogP contribution in [0.3, 0.4) is 0 Å². The van der Waals surface area contributed by atoms with Gasteiger partial charge in [-0.15, -0.1) is 0 Å². The van der Waals surface area contributed by atoms with Crippen LogP contribution in [0.4, 0.5) is 0 Å². The summed E-state index contributed by atoms with van der Waals surface area (Å²) in [7, 11) is 0. The van der Waals surface area contributed by atoms with Crippen LogP contribution in [0, 0.1) is 20.8 Å². The molecule has 1 aromatic heterocycles. The molecule has 3 rings (SSSR count). The van der Waals surface area contributed by atoms with E-state index in [1.54, 1.807) is 36.7 Å². The van der Waals surface area contributed by atoms with Crippen molar-refractivity contribution in [1.82, 2.24) is 15.8 Å². The average Bonchev–Trinajstić information content (AvgIpc) is 2.72. The summed E-state index contributed by atoms with van der Waals surface area (Å²) in [6.07, 6.45) is 3.47. The molecule has 6 heteroatoms. The molecule has 2 amide bonds. The zero-order valence-corrected chi connectivity index (χ0v) is 16.7. The lowest BCUT2D eigenvalue weighted by atomic mass is 10.1. The topological polar surface area (TPSA) is 80.3 Å². The monoisotopic (exact) mass is 389 g/mol. The number of ether oxygens (including phenoxy) is 1. The third-order valence-electron chi connectivity index (χ3n) is 4.51. The Hall–Kier alpha value is -3.67. The number of aromatic nitrogens is 1. The number of rotatable bonds is 5. The number of amides is 2. The second kappa shape index (κ2) is 9.01. The number of carbonyl (C=O) groups excluding carboxylic acids is 2. The zero-order valence-electron chi connectivity index (χ0n) is 16.7. The minimum absolute atomic E-state index is 0.360. The van der Waals surface area contributed by atoms with Crippen LogP contribution in [0.15, 0.2) is 60.9 Å². The van der Waals surface area contributed by atoms with Gasteiger partial charge in [0.2, 0.25) is 0 Å². The van der Waals surface area contributed by atoms with E-state index in [0.29, 0.717) is 17.7 Å². The molecule has 0 aliphatic carbocycles. The number of pyridine rings is 1. The third kappa shape index (κ3) is 4.99. The lowest BCUT2D eigenvalue weighted by molar-refractivity contribution is 0.0846.